The number of nitro groups is 1. The van der Waals surface area contributed by atoms with Gasteiger partial charge in [-0.1, -0.05) is 0 Å². The predicted molar refractivity (Wildman–Crippen MR) is 58.0 cm³/mol. The second-order valence-corrected chi connectivity index (χ2v) is 4.46. The molecule has 1 saturated heterocycles. The first kappa shape index (κ1) is 11.3. The number of hydrogen-bond acceptors (Lipinski definition) is 3. The van der Waals surface area contributed by atoms with Gasteiger partial charge in [-0.2, -0.15) is 0 Å². The molecule has 4 nitrogen and oxygen atoms in total. The second-order valence-electron chi connectivity index (χ2n) is 3.60. The van der Waals surface area contributed by atoms with Gasteiger partial charge in [0.2, 0.25) is 0 Å². The minimum atomic E-state index is -2.65. The van der Waals surface area contributed by atoms with E-state index in [2.05, 4.69) is 15.9 Å². The molecule has 0 N–H and O–H groups in total. The lowest BCUT2D eigenvalue weighted by atomic mass is 10.1. The zero-order valence-corrected chi connectivity index (χ0v) is 9.58. The third kappa shape index (κ3) is 1.99. The zero-order chi connectivity index (χ0) is 11.9. The number of alkyl halides is 2. The molecule has 1 aromatic carbocycles. The van der Waals surface area contributed by atoms with Gasteiger partial charge in [-0.25, -0.2) is 8.78 Å². The first-order chi connectivity index (χ1) is 7.39. The van der Waals surface area contributed by atoms with Crippen LogP contribution in [0.15, 0.2) is 22.7 Å². The van der Waals surface area contributed by atoms with Crippen LogP contribution in [-0.4, -0.2) is 23.9 Å². The molecule has 7 heteroatoms. The van der Waals surface area contributed by atoms with Crippen LogP contribution < -0.4 is 4.90 Å². The van der Waals surface area contributed by atoms with Crippen LogP contribution in [0.4, 0.5) is 20.2 Å². The summed E-state index contributed by atoms with van der Waals surface area (Å²) in [6.45, 7) is -0.688. The van der Waals surface area contributed by atoms with E-state index in [9.17, 15) is 18.9 Å². The monoisotopic (exact) mass is 292 g/mol. The Bertz CT molecular complexity index is 445. The van der Waals surface area contributed by atoms with E-state index < -0.39 is 10.8 Å². The van der Waals surface area contributed by atoms with E-state index in [0.29, 0.717) is 10.2 Å². The van der Waals surface area contributed by atoms with Gasteiger partial charge in [-0.15, -0.1) is 0 Å². The van der Waals surface area contributed by atoms with Gasteiger partial charge < -0.3 is 4.90 Å². The van der Waals surface area contributed by atoms with Crippen LogP contribution in [0.1, 0.15) is 0 Å². The van der Waals surface area contributed by atoms with Crippen LogP contribution in [0.5, 0.6) is 0 Å². The van der Waals surface area contributed by atoms with Gasteiger partial charge in [-0.05, 0) is 22.0 Å². The van der Waals surface area contributed by atoms with Gasteiger partial charge in [0.25, 0.3) is 11.6 Å². The number of benzene rings is 1. The molecule has 1 aliphatic heterocycles. The minimum absolute atomic E-state index is 0.0668. The SMILES string of the molecule is O=[N+]([O-])c1ccc(N2CC(F)(F)C2)c(Br)c1. The van der Waals surface area contributed by atoms with Crippen molar-refractivity contribution in [2.45, 2.75) is 5.92 Å². The Morgan fingerprint density at radius 1 is 1.44 bits per heavy atom. The summed E-state index contributed by atoms with van der Waals surface area (Å²) in [5.41, 5.74) is 0.486. The van der Waals surface area contributed by atoms with Gasteiger partial charge in [-0.3, -0.25) is 10.1 Å². The Balaban J connectivity index is 2.21. The van der Waals surface area contributed by atoms with E-state index in [0.717, 1.165) is 0 Å². The fourth-order valence-electron chi connectivity index (χ4n) is 1.55. The van der Waals surface area contributed by atoms with Crippen molar-refractivity contribution in [3.8, 4) is 0 Å². The summed E-state index contributed by atoms with van der Waals surface area (Å²) in [5.74, 6) is -2.65. The molecule has 0 spiro atoms. The van der Waals surface area contributed by atoms with Gasteiger partial charge in [0.1, 0.15) is 0 Å². The molecule has 1 aliphatic rings. The lowest BCUT2D eigenvalue weighted by Crippen LogP contribution is -2.56. The Hall–Kier alpha value is -1.24. The summed E-state index contributed by atoms with van der Waals surface area (Å²) in [4.78, 5) is 11.4. The Morgan fingerprint density at radius 3 is 2.50 bits per heavy atom. The molecule has 1 fully saturated rings. The lowest BCUT2D eigenvalue weighted by molar-refractivity contribution is -0.384. The van der Waals surface area contributed by atoms with Crippen molar-refractivity contribution in [2.75, 3.05) is 18.0 Å². The van der Waals surface area contributed by atoms with Crippen LogP contribution in [0.3, 0.4) is 0 Å². The second kappa shape index (κ2) is 3.65. The van der Waals surface area contributed by atoms with E-state index in [1.54, 1.807) is 0 Å². The topological polar surface area (TPSA) is 46.4 Å². The van der Waals surface area contributed by atoms with Crippen molar-refractivity contribution in [2.24, 2.45) is 0 Å². The van der Waals surface area contributed by atoms with Crippen molar-refractivity contribution in [1.82, 2.24) is 0 Å². The highest BCUT2D eigenvalue weighted by Crippen LogP contribution is 2.37. The van der Waals surface area contributed by atoms with Crippen LogP contribution in [0.25, 0.3) is 0 Å². The van der Waals surface area contributed by atoms with Gasteiger partial charge >= 0.3 is 0 Å². The first-order valence-electron chi connectivity index (χ1n) is 4.46. The largest absolute Gasteiger partial charge is 0.358 e. The summed E-state index contributed by atoms with van der Waals surface area (Å²) in [5, 5.41) is 10.5. The van der Waals surface area contributed by atoms with Gasteiger partial charge in [0, 0.05) is 16.6 Å². The third-order valence-electron chi connectivity index (χ3n) is 2.33. The van der Waals surface area contributed by atoms with E-state index in [1.165, 1.54) is 23.1 Å². The van der Waals surface area contributed by atoms with Gasteiger partial charge in [0.05, 0.1) is 23.7 Å². The summed E-state index contributed by atoms with van der Waals surface area (Å²) < 4.78 is 25.8. The molecule has 0 amide bonds. The molecule has 2 rings (SSSR count). The van der Waals surface area contributed by atoms with E-state index in [-0.39, 0.29) is 18.8 Å². The number of nitro benzene ring substituents is 1. The standard InChI is InChI=1S/C9H7BrF2N2O2/c10-7-3-6(14(15)16)1-2-8(7)13-4-9(11,12)5-13/h1-3H,4-5H2. The maximum absolute atomic E-state index is 12.6. The number of nitrogens with zero attached hydrogens (tertiary/aromatic N) is 2. The van der Waals surface area contributed by atoms with Crippen molar-refractivity contribution in [1.29, 1.82) is 0 Å². The molecule has 0 unspecified atom stereocenters. The lowest BCUT2D eigenvalue weighted by Gasteiger charge is -2.40. The van der Waals surface area contributed by atoms with Crippen LogP contribution in [0, 0.1) is 10.1 Å². The van der Waals surface area contributed by atoms with Crippen molar-refractivity contribution in [3.05, 3.63) is 32.8 Å². The van der Waals surface area contributed by atoms with E-state index in [4.69, 9.17) is 0 Å². The molecule has 16 heavy (non-hydrogen) atoms. The smallest absolute Gasteiger partial charge is 0.282 e. The molecule has 1 heterocycles. The molecule has 0 aliphatic carbocycles. The Morgan fingerprint density at radius 2 is 2.06 bits per heavy atom. The Kier molecular flexibility index (Phi) is 2.57. The number of halogens is 3. The highest BCUT2D eigenvalue weighted by Gasteiger charge is 2.44. The van der Waals surface area contributed by atoms with Crippen molar-refractivity contribution >= 4 is 27.3 Å². The summed E-state index contributed by atoms with van der Waals surface area (Å²) in [7, 11) is 0. The number of non-ortho nitro benzene ring substituents is 1. The van der Waals surface area contributed by atoms with E-state index >= 15 is 0 Å². The van der Waals surface area contributed by atoms with Crippen LogP contribution in [-0.2, 0) is 0 Å². The quantitative estimate of drug-likeness (QED) is 0.622. The molecular weight excluding hydrogens is 286 g/mol. The third-order valence-corrected chi connectivity index (χ3v) is 2.96. The fourth-order valence-corrected chi connectivity index (χ4v) is 2.17. The first-order valence-corrected chi connectivity index (χ1v) is 5.25. The average Bonchev–Trinajstić information content (AvgIpc) is 2.13. The van der Waals surface area contributed by atoms with Crippen LogP contribution >= 0.6 is 15.9 Å². The maximum atomic E-state index is 12.6. The maximum Gasteiger partial charge on any atom is 0.282 e. The molecule has 0 atom stereocenters. The van der Waals surface area contributed by atoms with Crippen molar-refractivity contribution < 1.29 is 13.7 Å². The molecular formula is C9H7BrF2N2O2. The van der Waals surface area contributed by atoms with Crippen LogP contribution in [0.2, 0.25) is 0 Å². The number of rotatable bonds is 2. The summed E-state index contributed by atoms with van der Waals surface area (Å²) >= 11 is 3.14. The normalized spacial score (nSPS) is 18.1. The minimum Gasteiger partial charge on any atom is -0.358 e. The number of anilines is 1. The Labute approximate surface area is 98.1 Å². The summed E-state index contributed by atoms with van der Waals surface area (Å²) in [6.07, 6.45) is 0. The van der Waals surface area contributed by atoms with E-state index in [1.807, 2.05) is 0 Å². The molecule has 86 valence electrons. The fraction of sp³-hybridized carbons (Fsp3) is 0.333. The zero-order valence-electron chi connectivity index (χ0n) is 7.99. The van der Waals surface area contributed by atoms with Crippen molar-refractivity contribution in [3.63, 3.8) is 0 Å². The molecule has 0 aromatic heterocycles. The highest BCUT2D eigenvalue weighted by atomic mass is 79.9. The number of hydrogen-bond donors (Lipinski definition) is 0. The predicted octanol–water partition coefficient (Wildman–Crippen LogP) is 2.81. The summed E-state index contributed by atoms with van der Waals surface area (Å²) in [6, 6.07) is 4.08. The molecule has 0 radical (unpaired) electrons. The molecule has 0 bridgehead atoms. The highest BCUT2D eigenvalue weighted by molar-refractivity contribution is 9.10. The average molecular weight is 293 g/mol. The van der Waals surface area contributed by atoms with Gasteiger partial charge in [0.15, 0.2) is 0 Å². The molecule has 0 saturated carbocycles. The molecule has 1 aromatic rings.